The number of halogens is 2. The van der Waals surface area contributed by atoms with Gasteiger partial charge in [-0.1, -0.05) is 28.1 Å². The maximum atomic E-state index is 13.3. The molecule has 0 amide bonds. The summed E-state index contributed by atoms with van der Waals surface area (Å²) in [5.41, 5.74) is 0.677. The van der Waals surface area contributed by atoms with Gasteiger partial charge in [0.25, 0.3) is 10.0 Å². The minimum absolute atomic E-state index is 0.254. The molecule has 8 heteroatoms. The fourth-order valence-electron chi connectivity index (χ4n) is 2.56. The quantitative estimate of drug-likeness (QED) is 0.429. The molecule has 3 aromatic rings. The third kappa shape index (κ3) is 4.04. The van der Waals surface area contributed by atoms with Crippen molar-refractivity contribution in [3.8, 4) is 0 Å². The molecule has 2 aromatic carbocycles. The van der Waals surface area contributed by atoms with E-state index in [2.05, 4.69) is 36.8 Å². The zero-order valence-corrected chi connectivity index (χ0v) is 19.1. The van der Waals surface area contributed by atoms with E-state index in [1.54, 1.807) is 42.2 Å². The molecule has 0 bridgehead atoms. The van der Waals surface area contributed by atoms with E-state index in [9.17, 15) is 8.42 Å². The van der Waals surface area contributed by atoms with Gasteiger partial charge in [0.1, 0.15) is 4.90 Å². The van der Waals surface area contributed by atoms with Crippen molar-refractivity contribution in [3.63, 3.8) is 0 Å². The van der Waals surface area contributed by atoms with Crippen molar-refractivity contribution in [2.75, 3.05) is 26.4 Å². The van der Waals surface area contributed by atoms with E-state index in [0.29, 0.717) is 9.99 Å². The molecule has 138 valence electrons. The van der Waals surface area contributed by atoms with Crippen molar-refractivity contribution in [3.05, 3.63) is 57.6 Å². The minimum atomic E-state index is -3.70. The summed E-state index contributed by atoms with van der Waals surface area (Å²) < 4.78 is 29.4. The smallest absolute Gasteiger partial charge is 0.269 e. The number of benzene rings is 2. The molecule has 0 spiro atoms. The second-order valence-corrected chi connectivity index (χ2v) is 10.7. The Bertz CT molecular complexity index is 1050. The highest BCUT2D eigenvalue weighted by Gasteiger charge is 2.23. The Hall–Kier alpha value is -0.800. The van der Waals surface area contributed by atoms with E-state index >= 15 is 0 Å². The summed E-state index contributed by atoms with van der Waals surface area (Å²) >= 11 is 8.51. The molecule has 0 saturated carbocycles. The topological polar surface area (TPSA) is 42.3 Å². The van der Waals surface area contributed by atoms with Crippen LogP contribution in [0.1, 0.15) is 0 Å². The third-order valence-electron chi connectivity index (χ3n) is 3.87. The van der Waals surface area contributed by atoms with E-state index in [0.717, 1.165) is 27.1 Å². The highest BCUT2D eigenvalue weighted by Crippen LogP contribution is 2.35. The van der Waals surface area contributed by atoms with Gasteiger partial charge in [0.2, 0.25) is 0 Å². The highest BCUT2D eigenvalue weighted by molar-refractivity contribution is 9.10. The van der Waals surface area contributed by atoms with Crippen LogP contribution in [-0.4, -0.2) is 43.7 Å². The van der Waals surface area contributed by atoms with Crippen molar-refractivity contribution >= 4 is 64.5 Å². The number of rotatable bonds is 6. The number of hydrogen-bond donors (Lipinski definition) is 0. The molecule has 0 saturated heterocycles. The fourth-order valence-corrected chi connectivity index (χ4v) is 6.50. The molecule has 4 nitrogen and oxygen atoms in total. The predicted octanol–water partition coefficient (Wildman–Crippen LogP) is 5.06. The first-order valence-corrected chi connectivity index (χ1v) is 11.9. The van der Waals surface area contributed by atoms with E-state index in [1.165, 1.54) is 3.97 Å². The van der Waals surface area contributed by atoms with Crippen LogP contribution in [0.3, 0.4) is 0 Å². The first-order chi connectivity index (χ1) is 12.3. The van der Waals surface area contributed by atoms with Crippen LogP contribution in [0.4, 0.5) is 0 Å². The van der Waals surface area contributed by atoms with Crippen LogP contribution < -0.4 is 0 Å². The molecule has 0 fully saturated rings. The number of fused-ring (bicyclic) bond motifs is 1. The van der Waals surface area contributed by atoms with Gasteiger partial charge in [-0.2, -0.15) is 0 Å². The number of thioether (sulfide) groups is 1. The maximum Gasteiger partial charge on any atom is 0.269 e. The average Bonchev–Trinajstić information content (AvgIpc) is 2.93. The van der Waals surface area contributed by atoms with E-state index in [-0.39, 0.29) is 4.90 Å². The van der Waals surface area contributed by atoms with Gasteiger partial charge in [-0.3, -0.25) is 0 Å². The SMILES string of the molecule is CN(C)CCSc1cn(S(=O)(=O)c2ccccc2Br)c2ccc(Br)cc12. The zero-order valence-electron chi connectivity index (χ0n) is 14.3. The Labute approximate surface area is 174 Å². The normalized spacial score (nSPS) is 12.2. The van der Waals surface area contributed by atoms with Crippen molar-refractivity contribution in [1.82, 2.24) is 8.87 Å². The molecule has 0 radical (unpaired) electrons. The lowest BCUT2D eigenvalue weighted by atomic mass is 10.2. The maximum absolute atomic E-state index is 13.3. The van der Waals surface area contributed by atoms with Gasteiger partial charge in [0.15, 0.2) is 0 Å². The summed E-state index contributed by atoms with van der Waals surface area (Å²) in [6.07, 6.45) is 1.73. The second-order valence-electron chi connectivity index (χ2n) is 6.04. The summed E-state index contributed by atoms with van der Waals surface area (Å²) in [4.78, 5) is 3.32. The predicted molar refractivity (Wildman–Crippen MR) is 116 cm³/mol. The van der Waals surface area contributed by atoms with Gasteiger partial charge in [-0.25, -0.2) is 12.4 Å². The molecule has 1 aromatic heterocycles. The van der Waals surface area contributed by atoms with E-state index in [1.807, 2.05) is 32.3 Å². The lowest BCUT2D eigenvalue weighted by molar-refractivity contribution is 0.437. The fraction of sp³-hybridized carbons (Fsp3) is 0.222. The van der Waals surface area contributed by atoms with Crippen molar-refractivity contribution < 1.29 is 8.42 Å². The van der Waals surface area contributed by atoms with E-state index < -0.39 is 10.0 Å². The molecular formula is C18H18Br2N2O2S2. The molecule has 26 heavy (non-hydrogen) atoms. The van der Waals surface area contributed by atoms with Crippen LogP contribution >= 0.6 is 43.6 Å². The van der Waals surface area contributed by atoms with Crippen LogP contribution in [0.25, 0.3) is 10.9 Å². The summed E-state index contributed by atoms with van der Waals surface area (Å²) in [7, 11) is 0.352. The largest absolute Gasteiger partial charge is 0.309 e. The van der Waals surface area contributed by atoms with Gasteiger partial charge in [-0.05, 0) is 60.4 Å². The lowest BCUT2D eigenvalue weighted by Crippen LogP contribution is -2.14. The van der Waals surface area contributed by atoms with Crippen LogP contribution in [0, 0.1) is 0 Å². The summed E-state index contributed by atoms with van der Waals surface area (Å²) in [6.45, 7) is 0.919. The standard InChI is InChI=1S/C18H18Br2N2O2S2/c1-21(2)9-10-25-17-12-22(16-8-7-13(19)11-14(16)17)26(23,24)18-6-4-3-5-15(18)20/h3-8,11-12H,9-10H2,1-2H3. The van der Waals surface area contributed by atoms with Crippen molar-refractivity contribution in [2.24, 2.45) is 0 Å². The Balaban J connectivity index is 2.13. The first kappa shape index (κ1) is 19.9. The van der Waals surface area contributed by atoms with Crippen LogP contribution in [-0.2, 0) is 10.0 Å². The molecule has 0 aliphatic rings. The van der Waals surface area contributed by atoms with Crippen LogP contribution in [0.15, 0.2) is 67.4 Å². The Morgan fingerprint density at radius 3 is 2.54 bits per heavy atom. The van der Waals surface area contributed by atoms with Gasteiger partial charge in [0, 0.05) is 37.7 Å². The molecular weight excluding hydrogens is 500 g/mol. The highest BCUT2D eigenvalue weighted by atomic mass is 79.9. The number of nitrogens with zero attached hydrogens (tertiary/aromatic N) is 2. The summed E-state index contributed by atoms with van der Waals surface area (Å²) in [5.74, 6) is 0.883. The molecule has 1 heterocycles. The minimum Gasteiger partial charge on any atom is -0.309 e. The zero-order chi connectivity index (χ0) is 18.9. The van der Waals surface area contributed by atoms with E-state index in [4.69, 9.17) is 0 Å². The van der Waals surface area contributed by atoms with Crippen LogP contribution in [0.2, 0.25) is 0 Å². The molecule has 0 atom stereocenters. The molecule has 0 unspecified atom stereocenters. The first-order valence-electron chi connectivity index (χ1n) is 7.89. The summed E-state index contributed by atoms with van der Waals surface area (Å²) in [5, 5.41) is 0.929. The molecule has 0 N–H and O–H groups in total. The monoisotopic (exact) mass is 516 g/mol. The lowest BCUT2D eigenvalue weighted by Gasteiger charge is -2.09. The second kappa shape index (κ2) is 8.06. The Kier molecular flexibility index (Phi) is 6.18. The van der Waals surface area contributed by atoms with Gasteiger partial charge in [0.05, 0.1) is 5.52 Å². The Morgan fingerprint density at radius 1 is 1.12 bits per heavy atom. The number of hydrogen-bond acceptors (Lipinski definition) is 4. The van der Waals surface area contributed by atoms with Crippen molar-refractivity contribution in [2.45, 2.75) is 9.79 Å². The average molecular weight is 518 g/mol. The summed E-state index contributed by atoms with van der Waals surface area (Å²) in [6, 6.07) is 12.6. The van der Waals surface area contributed by atoms with Crippen molar-refractivity contribution in [1.29, 1.82) is 0 Å². The molecule has 3 rings (SSSR count). The molecule has 0 aliphatic carbocycles. The number of aromatic nitrogens is 1. The van der Waals surface area contributed by atoms with Gasteiger partial charge in [-0.15, -0.1) is 11.8 Å². The molecule has 0 aliphatic heterocycles. The van der Waals surface area contributed by atoms with Crippen LogP contribution in [0.5, 0.6) is 0 Å². The Morgan fingerprint density at radius 2 is 1.85 bits per heavy atom. The van der Waals surface area contributed by atoms with Gasteiger partial charge < -0.3 is 4.90 Å². The third-order valence-corrected chi connectivity index (χ3v) is 8.07. The van der Waals surface area contributed by atoms with Gasteiger partial charge >= 0.3 is 0 Å².